The molecule has 0 unspecified atom stereocenters. The van der Waals surface area contributed by atoms with Crippen molar-refractivity contribution in [2.24, 2.45) is 4.99 Å². The molecule has 0 saturated carbocycles. The lowest BCUT2D eigenvalue weighted by Gasteiger charge is -2.04. The summed E-state index contributed by atoms with van der Waals surface area (Å²) in [7, 11) is 1.67. The van der Waals surface area contributed by atoms with Crippen molar-refractivity contribution in [2.75, 3.05) is 13.7 Å². The number of rotatable bonds is 5. The van der Waals surface area contributed by atoms with E-state index in [2.05, 4.69) is 4.99 Å². The molecule has 0 atom stereocenters. The molecule has 1 aromatic carbocycles. The fourth-order valence-corrected chi connectivity index (χ4v) is 3.68. The summed E-state index contributed by atoms with van der Waals surface area (Å²) < 4.78 is 7.47. The van der Waals surface area contributed by atoms with E-state index in [-0.39, 0.29) is 5.88 Å². The first-order chi connectivity index (χ1) is 10.7. The topological polar surface area (TPSA) is 46.8 Å². The predicted molar refractivity (Wildman–Crippen MR) is 93.8 cm³/mol. The van der Waals surface area contributed by atoms with E-state index in [4.69, 9.17) is 17.0 Å². The molecule has 0 amide bonds. The molecule has 114 valence electrons. The van der Waals surface area contributed by atoms with Crippen LogP contribution in [0, 0.1) is 3.95 Å². The van der Waals surface area contributed by atoms with Crippen molar-refractivity contribution in [3.05, 3.63) is 38.7 Å². The van der Waals surface area contributed by atoms with Crippen molar-refractivity contribution in [3.8, 4) is 5.88 Å². The van der Waals surface area contributed by atoms with Gasteiger partial charge in [-0.2, -0.15) is 0 Å². The highest BCUT2D eigenvalue weighted by Gasteiger charge is 2.15. The van der Waals surface area contributed by atoms with Gasteiger partial charge < -0.3 is 9.84 Å². The van der Waals surface area contributed by atoms with Gasteiger partial charge in [-0.3, -0.25) is 9.56 Å². The smallest absolute Gasteiger partial charge is 0.210 e. The van der Waals surface area contributed by atoms with Crippen LogP contribution in [0.4, 0.5) is 5.69 Å². The first kappa shape index (κ1) is 15.1. The van der Waals surface area contributed by atoms with Gasteiger partial charge >= 0.3 is 0 Å². The van der Waals surface area contributed by atoms with E-state index in [1.807, 2.05) is 36.6 Å². The van der Waals surface area contributed by atoms with Gasteiger partial charge in [0.2, 0.25) is 5.88 Å². The molecular formula is C16H16N2O2S2. The number of aliphatic imine (C=N–C) groups is 1. The first-order valence-corrected chi connectivity index (χ1v) is 8.20. The molecule has 22 heavy (non-hydrogen) atoms. The summed E-state index contributed by atoms with van der Waals surface area (Å²) in [4.78, 5) is 5.14. The normalized spacial score (nSPS) is 14.7. The lowest BCUT2D eigenvalue weighted by molar-refractivity contribution is 0.189. The van der Waals surface area contributed by atoms with Crippen molar-refractivity contribution in [1.29, 1.82) is 0 Å². The second-order valence-electron chi connectivity index (χ2n) is 4.93. The van der Waals surface area contributed by atoms with E-state index in [0.29, 0.717) is 17.1 Å². The molecule has 3 rings (SSSR count). The van der Waals surface area contributed by atoms with Gasteiger partial charge in [-0.05, 0) is 30.8 Å². The summed E-state index contributed by atoms with van der Waals surface area (Å²) in [6, 6.07) is 7.95. The molecule has 0 fully saturated rings. The van der Waals surface area contributed by atoms with Gasteiger partial charge in [0.1, 0.15) is 0 Å². The summed E-state index contributed by atoms with van der Waals surface area (Å²) in [6.45, 7) is 1.30. The van der Waals surface area contributed by atoms with E-state index in [1.54, 1.807) is 11.7 Å². The number of methoxy groups -OCH3 is 1. The highest BCUT2D eigenvalue weighted by atomic mass is 32.1. The minimum atomic E-state index is 0.219. The van der Waals surface area contributed by atoms with Crippen LogP contribution < -0.4 is 0 Å². The van der Waals surface area contributed by atoms with Gasteiger partial charge in [0.25, 0.3) is 0 Å². The third-order valence-corrected chi connectivity index (χ3v) is 4.85. The second kappa shape index (κ2) is 6.56. The molecule has 2 aromatic rings. The van der Waals surface area contributed by atoms with E-state index < -0.39 is 0 Å². The van der Waals surface area contributed by atoms with Gasteiger partial charge in [-0.15, -0.1) is 11.3 Å². The summed E-state index contributed by atoms with van der Waals surface area (Å²) >= 11 is 6.76. The number of hydrogen-bond acceptors (Lipinski definition) is 5. The molecule has 1 aromatic heterocycles. The number of para-hydroxylation sites is 1. The third kappa shape index (κ3) is 2.90. The number of fused-ring (bicyclic) bond motifs is 1. The summed E-state index contributed by atoms with van der Waals surface area (Å²) in [5.74, 6) is 0.219. The largest absolute Gasteiger partial charge is 0.493 e. The standard InChI is InChI=1S/C16H16N2O2S2/c1-20-8-4-7-18-15(19)14(22-16(18)21)9-11-10-17-13-6-3-2-5-12(11)13/h2-3,5-6,9-10,19H,4,7-8H2,1H3/b11-9+. The highest BCUT2D eigenvalue weighted by molar-refractivity contribution is 7.73. The number of nitrogens with zero attached hydrogens (tertiary/aromatic N) is 2. The number of hydrogen-bond donors (Lipinski definition) is 1. The van der Waals surface area contributed by atoms with Crippen LogP contribution in [0.15, 0.2) is 29.3 Å². The maximum atomic E-state index is 10.4. The van der Waals surface area contributed by atoms with Gasteiger partial charge in [-0.1, -0.05) is 18.2 Å². The average molecular weight is 332 g/mol. The van der Waals surface area contributed by atoms with Crippen LogP contribution in [0.1, 0.15) is 16.9 Å². The van der Waals surface area contributed by atoms with Crippen LogP contribution in [-0.4, -0.2) is 29.6 Å². The summed E-state index contributed by atoms with van der Waals surface area (Å²) in [5.41, 5.74) is 3.02. The number of benzene rings is 1. The van der Waals surface area contributed by atoms with Gasteiger partial charge in [-0.25, -0.2) is 0 Å². The maximum Gasteiger partial charge on any atom is 0.210 e. The Morgan fingerprint density at radius 1 is 1.41 bits per heavy atom. The molecule has 0 saturated heterocycles. The monoisotopic (exact) mass is 332 g/mol. The Labute approximate surface area is 138 Å². The fourth-order valence-electron chi connectivity index (χ4n) is 2.37. The highest BCUT2D eigenvalue weighted by Crippen LogP contribution is 2.35. The molecule has 1 N–H and O–H groups in total. The van der Waals surface area contributed by atoms with Crippen LogP contribution in [-0.2, 0) is 11.3 Å². The SMILES string of the molecule is COCCCn1c(O)c(/C=C2\C=Nc3ccccc32)sc1=S. The van der Waals surface area contributed by atoms with Gasteiger partial charge in [0, 0.05) is 37.6 Å². The fraction of sp³-hybridized carbons (Fsp3) is 0.250. The lowest BCUT2D eigenvalue weighted by Crippen LogP contribution is -2.00. The van der Waals surface area contributed by atoms with E-state index in [1.165, 1.54) is 11.3 Å². The van der Waals surface area contributed by atoms with Crippen molar-refractivity contribution in [2.45, 2.75) is 13.0 Å². The van der Waals surface area contributed by atoms with E-state index >= 15 is 0 Å². The van der Waals surface area contributed by atoms with E-state index in [0.717, 1.165) is 28.1 Å². The van der Waals surface area contributed by atoms with Gasteiger partial charge in [0.05, 0.1) is 10.6 Å². The summed E-state index contributed by atoms with van der Waals surface area (Å²) in [6.07, 6.45) is 4.58. The molecule has 2 heterocycles. The zero-order valence-electron chi connectivity index (χ0n) is 12.2. The summed E-state index contributed by atoms with van der Waals surface area (Å²) in [5, 5.41) is 10.4. The minimum Gasteiger partial charge on any atom is -0.493 e. The predicted octanol–water partition coefficient (Wildman–Crippen LogP) is 4.28. The molecule has 1 aliphatic heterocycles. The van der Waals surface area contributed by atoms with Crippen molar-refractivity contribution in [1.82, 2.24) is 4.57 Å². The Balaban J connectivity index is 1.91. The second-order valence-corrected chi connectivity index (χ2v) is 6.60. The van der Waals surface area contributed by atoms with Crippen molar-refractivity contribution in [3.63, 3.8) is 0 Å². The molecule has 0 radical (unpaired) electrons. The zero-order chi connectivity index (χ0) is 15.5. The molecule has 6 heteroatoms. The molecule has 0 bridgehead atoms. The Bertz CT molecular complexity index is 803. The Morgan fingerprint density at radius 2 is 2.23 bits per heavy atom. The van der Waals surface area contributed by atoms with Crippen molar-refractivity contribution >= 4 is 47.1 Å². The lowest BCUT2D eigenvalue weighted by atomic mass is 10.1. The van der Waals surface area contributed by atoms with Crippen LogP contribution in [0.2, 0.25) is 0 Å². The van der Waals surface area contributed by atoms with Crippen LogP contribution in [0.3, 0.4) is 0 Å². The maximum absolute atomic E-state index is 10.4. The molecule has 4 nitrogen and oxygen atoms in total. The van der Waals surface area contributed by atoms with E-state index in [9.17, 15) is 5.11 Å². The molecular weight excluding hydrogens is 316 g/mol. The number of aromatic nitrogens is 1. The number of thiazole rings is 1. The van der Waals surface area contributed by atoms with Gasteiger partial charge in [0.15, 0.2) is 3.95 Å². The Hall–Kier alpha value is -1.76. The Morgan fingerprint density at radius 3 is 3.05 bits per heavy atom. The zero-order valence-corrected chi connectivity index (χ0v) is 13.8. The average Bonchev–Trinajstić information content (AvgIpc) is 3.04. The number of ether oxygens (including phenoxy) is 1. The quantitative estimate of drug-likeness (QED) is 0.657. The molecule has 1 aliphatic rings. The number of aromatic hydroxyl groups is 1. The molecule has 0 spiro atoms. The van der Waals surface area contributed by atoms with Crippen LogP contribution in [0.25, 0.3) is 11.6 Å². The van der Waals surface area contributed by atoms with Crippen LogP contribution in [0.5, 0.6) is 5.88 Å². The minimum absolute atomic E-state index is 0.219. The van der Waals surface area contributed by atoms with Crippen molar-refractivity contribution < 1.29 is 9.84 Å². The van der Waals surface area contributed by atoms with Crippen LogP contribution >= 0.6 is 23.6 Å². The molecule has 0 aliphatic carbocycles. The first-order valence-electron chi connectivity index (χ1n) is 6.97. The third-order valence-electron chi connectivity index (χ3n) is 3.47. The Kier molecular flexibility index (Phi) is 4.52. The number of allylic oxidation sites excluding steroid dienone is 1.